The lowest BCUT2D eigenvalue weighted by Crippen LogP contribution is -1.94. The molecule has 0 radical (unpaired) electrons. The molecule has 7 aromatic carbocycles. The summed E-state index contributed by atoms with van der Waals surface area (Å²) in [6, 6.07) is 62.4. The standard InChI is InChI=1S/C54H36N6/c1-4-16-37(17-5-1)52-55-31-43(32-56-52)49-25-13-10-22-46(49)40-28-41(47-23-11-14-26-50(47)44-33-57-53(58-34-44)38-18-6-2-7-19-38)30-42(29-40)48-24-12-15-27-51(48)45-35-59-54(60-36-45)39-20-8-3-9-21-39/h1-36H. The molecule has 0 fully saturated rings. The van der Waals surface area contributed by atoms with Gasteiger partial charge >= 0.3 is 0 Å². The van der Waals surface area contributed by atoms with Crippen LogP contribution in [0.3, 0.4) is 0 Å². The van der Waals surface area contributed by atoms with Crippen LogP contribution < -0.4 is 0 Å². The van der Waals surface area contributed by atoms with Crippen molar-refractivity contribution < 1.29 is 0 Å². The highest BCUT2D eigenvalue weighted by molar-refractivity contribution is 5.94. The Morgan fingerprint density at radius 3 is 0.617 bits per heavy atom. The van der Waals surface area contributed by atoms with Crippen LogP contribution in [0.1, 0.15) is 0 Å². The van der Waals surface area contributed by atoms with Gasteiger partial charge in [-0.15, -0.1) is 0 Å². The van der Waals surface area contributed by atoms with Crippen LogP contribution in [0.4, 0.5) is 0 Å². The van der Waals surface area contributed by atoms with Gasteiger partial charge in [-0.25, -0.2) is 29.9 Å². The van der Waals surface area contributed by atoms with E-state index in [1.54, 1.807) is 0 Å². The molecule has 0 amide bonds. The molecule has 0 unspecified atom stereocenters. The zero-order valence-corrected chi connectivity index (χ0v) is 32.5. The molecular formula is C54H36N6. The molecule has 6 nitrogen and oxygen atoms in total. The van der Waals surface area contributed by atoms with Gasteiger partial charge in [0.15, 0.2) is 17.5 Å². The summed E-state index contributed by atoms with van der Waals surface area (Å²) in [7, 11) is 0. The van der Waals surface area contributed by atoms with Crippen LogP contribution in [0.5, 0.6) is 0 Å². The molecule has 10 rings (SSSR count). The second kappa shape index (κ2) is 16.3. The van der Waals surface area contributed by atoms with Gasteiger partial charge in [0.2, 0.25) is 0 Å². The van der Waals surface area contributed by atoms with E-state index in [0.29, 0.717) is 17.5 Å². The van der Waals surface area contributed by atoms with E-state index in [0.717, 1.165) is 83.5 Å². The van der Waals surface area contributed by atoms with E-state index < -0.39 is 0 Å². The highest BCUT2D eigenvalue weighted by Crippen LogP contribution is 2.42. The van der Waals surface area contributed by atoms with Gasteiger partial charge in [0.25, 0.3) is 0 Å². The van der Waals surface area contributed by atoms with E-state index in [9.17, 15) is 0 Å². The Kier molecular flexibility index (Phi) is 9.84. The lowest BCUT2D eigenvalue weighted by Gasteiger charge is -2.17. The molecule has 0 aliphatic carbocycles. The van der Waals surface area contributed by atoms with Crippen LogP contribution in [0, 0.1) is 0 Å². The van der Waals surface area contributed by atoms with E-state index in [1.807, 2.05) is 128 Å². The summed E-state index contributed by atoms with van der Waals surface area (Å²) in [4.78, 5) is 28.8. The van der Waals surface area contributed by atoms with Gasteiger partial charge in [0, 0.05) is 70.6 Å². The Morgan fingerprint density at radius 2 is 0.383 bits per heavy atom. The lowest BCUT2D eigenvalue weighted by atomic mass is 9.87. The molecule has 282 valence electrons. The molecule has 0 aliphatic heterocycles. The Balaban J connectivity index is 1.12. The average Bonchev–Trinajstić information content (AvgIpc) is 3.35. The van der Waals surface area contributed by atoms with E-state index >= 15 is 0 Å². The fraction of sp³-hybridized carbons (Fsp3) is 0. The molecule has 3 aromatic heterocycles. The fourth-order valence-electron chi connectivity index (χ4n) is 7.66. The Labute approximate surface area is 348 Å². The summed E-state index contributed by atoms with van der Waals surface area (Å²) in [5.41, 5.74) is 15.2. The third kappa shape index (κ3) is 7.37. The average molecular weight is 769 g/mol. The summed E-state index contributed by atoms with van der Waals surface area (Å²) >= 11 is 0. The number of benzene rings is 7. The molecule has 0 atom stereocenters. The predicted molar refractivity (Wildman–Crippen MR) is 242 cm³/mol. The summed E-state index contributed by atoms with van der Waals surface area (Å²) in [6.45, 7) is 0. The number of rotatable bonds is 9. The Morgan fingerprint density at radius 1 is 0.183 bits per heavy atom. The van der Waals surface area contributed by atoms with Crippen LogP contribution in [0.25, 0.3) is 101 Å². The van der Waals surface area contributed by atoms with Crippen LogP contribution in [-0.2, 0) is 0 Å². The van der Waals surface area contributed by atoms with Crippen molar-refractivity contribution in [3.8, 4) is 101 Å². The maximum atomic E-state index is 4.80. The zero-order valence-electron chi connectivity index (χ0n) is 32.5. The number of aromatic nitrogens is 6. The van der Waals surface area contributed by atoms with Crippen molar-refractivity contribution in [2.75, 3.05) is 0 Å². The van der Waals surface area contributed by atoms with E-state index in [1.165, 1.54) is 0 Å². The van der Waals surface area contributed by atoms with Crippen LogP contribution in [0.2, 0.25) is 0 Å². The van der Waals surface area contributed by atoms with Gasteiger partial charge < -0.3 is 0 Å². The van der Waals surface area contributed by atoms with Crippen molar-refractivity contribution in [1.82, 2.24) is 29.9 Å². The first kappa shape index (κ1) is 36.1. The minimum absolute atomic E-state index is 0.691. The van der Waals surface area contributed by atoms with Crippen molar-refractivity contribution in [3.05, 3.63) is 219 Å². The fourth-order valence-corrected chi connectivity index (χ4v) is 7.66. The van der Waals surface area contributed by atoms with E-state index in [4.69, 9.17) is 29.9 Å². The van der Waals surface area contributed by atoms with Crippen molar-refractivity contribution in [2.24, 2.45) is 0 Å². The summed E-state index contributed by atoms with van der Waals surface area (Å²) in [5.74, 6) is 2.07. The molecule has 10 aromatic rings. The molecule has 0 N–H and O–H groups in total. The van der Waals surface area contributed by atoms with Gasteiger partial charge in [-0.05, 0) is 68.3 Å². The summed E-state index contributed by atoms with van der Waals surface area (Å²) < 4.78 is 0. The molecule has 0 saturated heterocycles. The molecule has 0 spiro atoms. The lowest BCUT2D eigenvalue weighted by molar-refractivity contribution is 1.18. The third-order valence-electron chi connectivity index (χ3n) is 10.6. The monoisotopic (exact) mass is 768 g/mol. The zero-order chi connectivity index (χ0) is 40.1. The third-order valence-corrected chi connectivity index (χ3v) is 10.6. The van der Waals surface area contributed by atoms with E-state index in [2.05, 4.69) is 91.0 Å². The molecule has 6 heteroatoms. The second-order valence-corrected chi connectivity index (χ2v) is 14.4. The van der Waals surface area contributed by atoms with Gasteiger partial charge in [-0.3, -0.25) is 0 Å². The first-order valence-corrected chi connectivity index (χ1v) is 19.8. The summed E-state index contributed by atoms with van der Waals surface area (Å²) in [5, 5.41) is 0. The molecule has 3 heterocycles. The minimum Gasteiger partial charge on any atom is -0.236 e. The second-order valence-electron chi connectivity index (χ2n) is 14.4. The number of nitrogens with zero attached hydrogens (tertiary/aromatic N) is 6. The SMILES string of the molecule is c1ccc(-c2ncc(-c3ccccc3-c3cc(-c4ccccc4-c4cnc(-c5ccccc5)nc4)cc(-c4ccccc4-c4cnc(-c5ccccc5)nc4)c3)cn2)cc1. The van der Waals surface area contributed by atoms with Gasteiger partial charge in [-0.2, -0.15) is 0 Å². The van der Waals surface area contributed by atoms with Crippen LogP contribution >= 0.6 is 0 Å². The van der Waals surface area contributed by atoms with Gasteiger partial charge in [0.1, 0.15) is 0 Å². The Bertz CT molecular complexity index is 2700. The number of hydrogen-bond donors (Lipinski definition) is 0. The highest BCUT2D eigenvalue weighted by Gasteiger charge is 2.17. The largest absolute Gasteiger partial charge is 0.236 e. The highest BCUT2D eigenvalue weighted by atomic mass is 14.9. The van der Waals surface area contributed by atoms with Crippen molar-refractivity contribution >= 4 is 0 Å². The van der Waals surface area contributed by atoms with Crippen LogP contribution in [-0.4, -0.2) is 29.9 Å². The van der Waals surface area contributed by atoms with E-state index in [-0.39, 0.29) is 0 Å². The topological polar surface area (TPSA) is 77.3 Å². The first-order chi connectivity index (χ1) is 29.7. The minimum atomic E-state index is 0.691. The van der Waals surface area contributed by atoms with Crippen molar-refractivity contribution in [1.29, 1.82) is 0 Å². The molecular weight excluding hydrogens is 733 g/mol. The van der Waals surface area contributed by atoms with Crippen LogP contribution in [0.15, 0.2) is 219 Å². The smallest absolute Gasteiger partial charge is 0.159 e. The summed E-state index contributed by atoms with van der Waals surface area (Å²) in [6.07, 6.45) is 11.5. The van der Waals surface area contributed by atoms with Crippen molar-refractivity contribution in [2.45, 2.75) is 0 Å². The first-order valence-electron chi connectivity index (χ1n) is 19.8. The molecule has 0 saturated carbocycles. The molecule has 60 heavy (non-hydrogen) atoms. The van der Waals surface area contributed by atoms with Crippen molar-refractivity contribution in [3.63, 3.8) is 0 Å². The normalized spacial score (nSPS) is 11.0. The maximum absolute atomic E-state index is 4.80. The Hall–Kier alpha value is -8.22. The number of hydrogen-bond acceptors (Lipinski definition) is 6. The molecule has 0 bridgehead atoms. The van der Waals surface area contributed by atoms with Gasteiger partial charge in [0.05, 0.1) is 0 Å². The predicted octanol–water partition coefficient (Wildman–Crippen LogP) is 13.1. The quantitative estimate of drug-likeness (QED) is 0.145. The molecule has 0 aliphatic rings. The van der Waals surface area contributed by atoms with Gasteiger partial charge in [-0.1, -0.05) is 164 Å². The maximum Gasteiger partial charge on any atom is 0.159 e.